The van der Waals surface area contributed by atoms with E-state index in [9.17, 15) is 14.4 Å². The minimum absolute atomic E-state index is 0.121. The number of hydrogen-bond acceptors (Lipinski definition) is 6. The van der Waals surface area contributed by atoms with Crippen molar-refractivity contribution in [3.8, 4) is 5.75 Å². The van der Waals surface area contributed by atoms with Crippen LogP contribution in [0.2, 0.25) is 5.02 Å². The zero-order valence-corrected chi connectivity index (χ0v) is 18.0. The summed E-state index contributed by atoms with van der Waals surface area (Å²) in [6.45, 7) is 0.486. The Morgan fingerprint density at radius 2 is 1.64 bits per heavy atom. The lowest BCUT2D eigenvalue weighted by molar-refractivity contribution is 0.0979. The van der Waals surface area contributed by atoms with Crippen LogP contribution in [-0.4, -0.2) is 32.8 Å². The minimum Gasteiger partial charge on any atom is -0.486 e. The van der Waals surface area contributed by atoms with E-state index in [4.69, 9.17) is 16.3 Å². The first-order valence-electron chi connectivity index (χ1n) is 10.1. The van der Waals surface area contributed by atoms with Crippen molar-refractivity contribution in [1.82, 2.24) is 15.0 Å². The Balaban J connectivity index is 1.32. The van der Waals surface area contributed by atoms with Crippen molar-refractivity contribution in [3.05, 3.63) is 111 Å². The number of ketones is 2. The maximum absolute atomic E-state index is 12.9. The van der Waals surface area contributed by atoms with E-state index >= 15 is 0 Å². The van der Waals surface area contributed by atoms with Crippen molar-refractivity contribution in [2.45, 2.75) is 13.2 Å². The van der Waals surface area contributed by atoms with Gasteiger partial charge in [0.25, 0.3) is 0 Å². The van der Waals surface area contributed by atoms with Gasteiger partial charge in [-0.2, -0.15) is 0 Å². The molecule has 4 aromatic rings. The van der Waals surface area contributed by atoms with E-state index in [0.717, 1.165) is 5.56 Å². The fraction of sp³-hybridized carbons (Fsp3) is 0.0800. The molecular formula is C25H16ClN3O4. The number of rotatable bonds is 6. The van der Waals surface area contributed by atoms with Gasteiger partial charge in [-0.05, 0) is 35.9 Å². The SMILES string of the molecule is O=Cc1cc(Cl)ccc1OCc1cn(Cc2ccc3c(c2)C(=O)c2ccccc2C3=O)nn1. The summed E-state index contributed by atoms with van der Waals surface area (Å²) in [4.78, 5) is 36.9. The van der Waals surface area contributed by atoms with Gasteiger partial charge < -0.3 is 4.74 Å². The van der Waals surface area contributed by atoms with Gasteiger partial charge in [0.1, 0.15) is 18.1 Å². The van der Waals surface area contributed by atoms with Crippen molar-refractivity contribution in [3.63, 3.8) is 0 Å². The molecule has 1 aliphatic carbocycles. The molecule has 0 saturated heterocycles. The summed E-state index contributed by atoms with van der Waals surface area (Å²) in [6, 6.07) is 16.9. The Kier molecular flexibility index (Phi) is 5.32. The normalized spacial score (nSPS) is 12.3. The highest BCUT2D eigenvalue weighted by molar-refractivity contribution is 6.31. The third kappa shape index (κ3) is 3.94. The number of carbonyl (C=O) groups excluding carboxylic acids is 3. The second-order valence-electron chi connectivity index (χ2n) is 7.58. The molecule has 33 heavy (non-hydrogen) atoms. The summed E-state index contributed by atoms with van der Waals surface area (Å²) >= 11 is 5.90. The van der Waals surface area contributed by atoms with Gasteiger partial charge in [-0.25, -0.2) is 4.68 Å². The smallest absolute Gasteiger partial charge is 0.194 e. The van der Waals surface area contributed by atoms with E-state index in [-0.39, 0.29) is 18.2 Å². The molecular weight excluding hydrogens is 442 g/mol. The van der Waals surface area contributed by atoms with E-state index in [1.165, 1.54) is 6.07 Å². The quantitative estimate of drug-likeness (QED) is 0.356. The molecule has 1 aromatic heterocycles. The number of fused-ring (bicyclic) bond motifs is 2. The van der Waals surface area contributed by atoms with Crippen LogP contribution in [-0.2, 0) is 13.2 Å². The molecule has 0 saturated carbocycles. The number of carbonyl (C=O) groups is 3. The zero-order valence-electron chi connectivity index (χ0n) is 17.2. The van der Waals surface area contributed by atoms with Gasteiger partial charge in [0.05, 0.1) is 18.3 Å². The zero-order chi connectivity index (χ0) is 22.9. The summed E-state index contributed by atoms with van der Waals surface area (Å²) in [7, 11) is 0. The third-order valence-corrected chi connectivity index (χ3v) is 5.63. The largest absolute Gasteiger partial charge is 0.486 e. The van der Waals surface area contributed by atoms with Gasteiger partial charge in [0, 0.05) is 27.3 Å². The van der Waals surface area contributed by atoms with Crippen LogP contribution >= 0.6 is 11.6 Å². The van der Waals surface area contributed by atoms with E-state index in [0.29, 0.717) is 57.1 Å². The van der Waals surface area contributed by atoms with E-state index < -0.39 is 0 Å². The van der Waals surface area contributed by atoms with Crippen LogP contribution in [0.25, 0.3) is 0 Å². The van der Waals surface area contributed by atoms with Crippen molar-refractivity contribution in [2.75, 3.05) is 0 Å². The Morgan fingerprint density at radius 1 is 0.909 bits per heavy atom. The standard InChI is InChI=1S/C25H16ClN3O4/c26-17-6-8-23(16(10-17)13-30)33-14-18-12-29(28-27-18)11-15-5-7-21-22(9-15)25(32)20-4-2-1-3-19(20)24(21)31/h1-10,12-13H,11,14H2. The highest BCUT2D eigenvalue weighted by atomic mass is 35.5. The Morgan fingerprint density at radius 3 is 2.39 bits per heavy atom. The molecule has 0 atom stereocenters. The number of hydrogen-bond donors (Lipinski definition) is 0. The van der Waals surface area contributed by atoms with Crippen LogP contribution in [0.1, 0.15) is 53.5 Å². The first-order chi connectivity index (χ1) is 16.0. The highest BCUT2D eigenvalue weighted by Crippen LogP contribution is 2.28. The molecule has 1 heterocycles. The van der Waals surface area contributed by atoms with Crippen LogP contribution in [0, 0.1) is 0 Å². The molecule has 0 spiro atoms. The molecule has 0 aliphatic heterocycles. The third-order valence-electron chi connectivity index (χ3n) is 5.39. The van der Waals surface area contributed by atoms with Crippen LogP contribution in [0.15, 0.2) is 66.9 Å². The number of aldehydes is 1. The second-order valence-corrected chi connectivity index (χ2v) is 8.02. The number of aromatic nitrogens is 3. The number of halogens is 1. The van der Waals surface area contributed by atoms with Gasteiger partial charge in [-0.15, -0.1) is 5.10 Å². The number of nitrogens with zero attached hydrogens (tertiary/aromatic N) is 3. The van der Waals surface area contributed by atoms with Crippen LogP contribution in [0.5, 0.6) is 5.75 Å². The van der Waals surface area contributed by atoms with Gasteiger partial charge in [-0.3, -0.25) is 14.4 Å². The summed E-state index contributed by atoms with van der Waals surface area (Å²) in [5, 5.41) is 8.65. The van der Waals surface area contributed by atoms with Crippen molar-refractivity contribution in [1.29, 1.82) is 0 Å². The Labute approximate surface area is 193 Å². The highest BCUT2D eigenvalue weighted by Gasteiger charge is 2.29. The lowest BCUT2D eigenvalue weighted by atomic mass is 9.83. The molecule has 0 N–H and O–H groups in total. The Hall–Kier alpha value is -4.10. The topological polar surface area (TPSA) is 91.2 Å². The fourth-order valence-corrected chi connectivity index (χ4v) is 3.99. The predicted octanol–water partition coefficient (Wildman–Crippen LogP) is 4.15. The second kappa shape index (κ2) is 8.44. The molecule has 0 radical (unpaired) electrons. The van der Waals surface area contributed by atoms with Gasteiger partial charge in [-0.1, -0.05) is 47.1 Å². The average Bonchev–Trinajstić information content (AvgIpc) is 3.28. The molecule has 7 nitrogen and oxygen atoms in total. The number of ether oxygens (including phenoxy) is 1. The van der Waals surface area contributed by atoms with Crippen LogP contribution in [0.4, 0.5) is 0 Å². The first-order valence-corrected chi connectivity index (χ1v) is 10.5. The monoisotopic (exact) mass is 457 g/mol. The molecule has 1 aliphatic rings. The summed E-state index contributed by atoms with van der Waals surface area (Å²) in [6.07, 6.45) is 2.40. The van der Waals surface area contributed by atoms with E-state index in [2.05, 4.69) is 10.3 Å². The summed E-state index contributed by atoms with van der Waals surface area (Å²) in [5.41, 5.74) is 3.39. The molecule has 0 amide bonds. The van der Waals surface area contributed by atoms with Gasteiger partial charge >= 0.3 is 0 Å². The van der Waals surface area contributed by atoms with E-state index in [1.807, 2.05) is 0 Å². The fourth-order valence-electron chi connectivity index (χ4n) is 3.81. The lowest BCUT2D eigenvalue weighted by Crippen LogP contribution is -2.21. The van der Waals surface area contributed by atoms with Crippen molar-refractivity contribution < 1.29 is 19.1 Å². The van der Waals surface area contributed by atoms with Gasteiger partial charge in [0.2, 0.25) is 0 Å². The van der Waals surface area contributed by atoms with Crippen molar-refractivity contribution >= 4 is 29.5 Å². The predicted molar refractivity (Wildman–Crippen MR) is 120 cm³/mol. The maximum atomic E-state index is 12.9. The molecule has 8 heteroatoms. The van der Waals surface area contributed by atoms with E-state index in [1.54, 1.807) is 65.5 Å². The molecule has 5 rings (SSSR count). The molecule has 0 fully saturated rings. The Bertz CT molecular complexity index is 1430. The summed E-state index contributed by atoms with van der Waals surface area (Å²) < 4.78 is 7.30. The average molecular weight is 458 g/mol. The molecule has 162 valence electrons. The summed E-state index contributed by atoms with van der Waals surface area (Å²) in [5.74, 6) is 0.0922. The molecule has 0 unspecified atom stereocenters. The van der Waals surface area contributed by atoms with Gasteiger partial charge in [0.15, 0.2) is 17.9 Å². The first kappa shape index (κ1) is 20.8. The molecule has 3 aromatic carbocycles. The maximum Gasteiger partial charge on any atom is 0.194 e. The molecule has 0 bridgehead atoms. The van der Waals surface area contributed by atoms with Crippen molar-refractivity contribution in [2.24, 2.45) is 0 Å². The van der Waals surface area contributed by atoms with Crippen LogP contribution in [0.3, 0.4) is 0 Å². The lowest BCUT2D eigenvalue weighted by Gasteiger charge is -2.18. The van der Waals surface area contributed by atoms with Crippen LogP contribution < -0.4 is 4.74 Å². The minimum atomic E-state index is -0.163. The number of benzene rings is 3.